The number of phenolic OH excluding ortho intramolecular Hbond substituents is 1. The number of nitrogens with one attached hydrogen (secondary N) is 1. The van der Waals surface area contributed by atoms with Gasteiger partial charge in [-0.25, -0.2) is 4.99 Å². The fourth-order valence-electron chi connectivity index (χ4n) is 5.47. The van der Waals surface area contributed by atoms with Crippen LogP contribution in [-0.2, 0) is 11.4 Å². The minimum absolute atomic E-state index is 0.0720. The number of hydrogen-bond donors (Lipinski definition) is 2. The number of fused-ring (bicyclic) bond motifs is 1. The van der Waals surface area contributed by atoms with E-state index in [2.05, 4.69) is 5.32 Å². The van der Waals surface area contributed by atoms with E-state index in [4.69, 9.17) is 42.4 Å². The summed E-state index contributed by atoms with van der Waals surface area (Å²) in [5.41, 5.74) is 3.02. The summed E-state index contributed by atoms with van der Waals surface area (Å²) >= 11 is 13.9. The first-order chi connectivity index (χ1) is 23.7. The highest BCUT2D eigenvalue weighted by Crippen LogP contribution is 2.38. The Morgan fingerprint density at radius 1 is 1.02 bits per heavy atom. The number of aromatic hydroxyl groups is 1. The first-order valence-corrected chi connectivity index (χ1v) is 16.8. The summed E-state index contributed by atoms with van der Waals surface area (Å²) in [4.78, 5) is 33.2. The van der Waals surface area contributed by atoms with E-state index in [9.17, 15) is 14.7 Å². The molecule has 2 heterocycles. The molecule has 1 aromatic heterocycles. The quantitative estimate of drug-likeness (QED) is 0.163. The number of amides is 1. The van der Waals surface area contributed by atoms with E-state index in [0.29, 0.717) is 60.0 Å². The zero-order valence-corrected chi connectivity index (χ0v) is 29.0. The summed E-state index contributed by atoms with van der Waals surface area (Å²) in [7, 11) is 1.43. The summed E-state index contributed by atoms with van der Waals surface area (Å²) in [5.74, 6) is 0.516. The number of methoxy groups -OCH3 is 1. The summed E-state index contributed by atoms with van der Waals surface area (Å²) in [5, 5.41) is 14.2. The molecular formula is C37H31Cl2N3O6S. The number of ether oxygens (including phenoxy) is 3. The maximum absolute atomic E-state index is 14.3. The lowest BCUT2D eigenvalue weighted by Gasteiger charge is -2.25. The number of phenols is 1. The second-order valence-corrected chi connectivity index (χ2v) is 12.9. The Hall–Kier alpha value is -5.03. The molecule has 0 fully saturated rings. The van der Waals surface area contributed by atoms with E-state index in [0.717, 1.165) is 5.56 Å². The van der Waals surface area contributed by atoms with Crippen molar-refractivity contribution in [2.24, 2.45) is 4.99 Å². The van der Waals surface area contributed by atoms with E-state index in [-0.39, 0.29) is 29.2 Å². The smallest absolute Gasteiger partial charge is 0.271 e. The number of para-hydroxylation sites is 1. The molecule has 0 radical (unpaired) electrons. The van der Waals surface area contributed by atoms with Gasteiger partial charge in [0.05, 0.1) is 40.6 Å². The van der Waals surface area contributed by atoms with Crippen molar-refractivity contribution in [2.75, 3.05) is 19.0 Å². The Balaban J connectivity index is 1.43. The van der Waals surface area contributed by atoms with Crippen molar-refractivity contribution in [1.82, 2.24) is 4.57 Å². The van der Waals surface area contributed by atoms with Crippen LogP contribution in [0.1, 0.15) is 36.6 Å². The second kappa shape index (κ2) is 14.6. The van der Waals surface area contributed by atoms with Crippen molar-refractivity contribution < 1.29 is 24.1 Å². The first-order valence-electron chi connectivity index (χ1n) is 15.3. The standard InChI is InChI=1S/C37H31Cl2N3O6S/c1-4-47-30-17-23(16-27(39)34(30)48-20-22-10-13-25(38)14-11-22)18-31-36(45)42-33(24-12-15-28(43)29(19-24)46-3)32(21(2)40-37(42)49-31)35(44)41-26-8-6-5-7-9-26/h5-19,33,43H,4,20H2,1-3H3,(H,41,44)/b31-18-/t33-/m0/s1. The third kappa shape index (κ3) is 7.22. The Labute approximate surface area is 296 Å². The van der Waals surface area contributed by atoms with Gasteiger partial charge in [-0.15, -0.1) is 0 Å². The van der Waals surface area contributed by atoms with Gasteiger partial charge in [-0.1, -0.05) is 70.9 Å². The molecule has 5 aromatic rings. The third-order valence-electron chi connectivity index (χ3n) is 7.74. The molecule has 1 aliphatic rings. The van der Waals surface area contributed by atoms with Gasteiger partial charge >= 0.3 is 0 Å². The Morgan fingerprint density at radius 2 is 1.78 bits per heavy atom. The molecule has 0 saturated carbocycles. The van der Waals surface area contributed by atoms with Gasteiger partial charge in [-0.05, 0) is 85.1 Å². The largest absolute Gasteiger partial charge is 0.504 e. The number of allylic oxidation sites excluding steroid dienone is 1. The fraction of sp³-hybridized carbons (Fsp3) is 0.162. The molecular weight excluding hydrogens is 685 g/mol. The predicted molar refractivity (Wildman–Crippen MR) is 192 cm³/mol. The van der Waals surface area contributed by atoms with Crippen LogP contribution in [0.15, 0.2) is 106 Å². The van der Waals surface area contributed by atoms with Gasteiger partial charge in [-0.3, -0.25) is 14.2 Å². The van der Waals surface area contributed by atoms with Crippen LogP contribution in [0.3, 0.4) is 0 Å². The van der Waals surface area contributed by atoms with Crippen LogP contribution in [0.5, 0.6) is 23.0 Å². The molecule has 250 valence electrons. The summed E-state index contributed by atoms with van der Waals surface area (Å²) in [6, 6.07) is 23.7. The van der Waals surface area contributed by atoms with Crippen LogP contribution < -0.4 is 34.4 Å². The number of halogens is 2. The zero-order valence-electron chi connectivity index (χ0n) is 26.7. The minimum Gasteiger partial charge on any atom is -0.504 e. The van der Waals surface area contributed by atoms with Gasteiger partial charge in [0, 0.05) is 10.7 Å². The van der Waals surface area contributed by atoms with Crippen LogP contribution in [-0.4, -0.2) is 29.3 Å². The number of anilines is 1. The lowest BCUT2D eigenvalue weighted by molar-refractivity contribution is -0.113. The molecule has 1 atom stereocenters. The highest BCUT2D eigenvalue weighted by Gasteiger charge is 2.33. The van der Waals surface area contributed by atoms with Gasteiger partial charge in [0.25, 0.3) is 11.5 Å². The van der Waals surface area contributed by atoms with Crippen molar-refractivity contribution in [3.8, 4) is 23.0 Å². The van der Waals surface area contributed by atoms with E-state index < -0.39 is 11.9 Å². The molecule has 0 spiro atoms. The van der Waals surface area contributed by atoms with E-state index >= 15 is 0 Å². The van der Waals surface area contributed by atoms with Gasteiger partial charge in [0.15, 0.2) is 27.8 Å². The Morgan fingerprint density at radius 3 is 2.49 bits per heavy atom. The van der Waals surface area contributed by atoms with Crippen LogP contribution >= 0.6 is 34.5 Å². The number of nitrogens with zero attached hydrogens (tertiary/aromatic N) is 2. The fourth-order valence-corrected chi connectivity index (χ4v) is 6.92. The van der Waals surface area contributed by atoms with Gasteiger partial charge in [0.2, 0.25) is 0 Å². The Bertz CT molecular complexity index is 2250. The molecule has 0 unspecified atom stereocenters. The number of carbonyl (C=O) groups is 1. The number of carbonyl (C=O) groups excluding carboxylic acids is 1. The number of rotatable bonds is 10. The second-order valence-electron chi connectivity index (χ2n) is 11.0. The minimum atomic E-state index is -0.872. The summed E-state index contributed by atoms with van der Waals surface area (Å²) < 4.78 is 19.2. The van der Waals surface area contributed by atoms with E-state index in [1.165, 1.54) is 29.1 Å². The zero-order chi connectivity index (χ0) is 34.7. The van der Waals surface area contributed by atoms with Crippen LogP contribution in [0.2, 0.25) is 10.0 Å². The molecule has 9 nitrogen and oxygen atoms in total. The normalized spacial score (nSPS) is 14.2. The SMILES string of the molecule is CCOc1cc(/C=c2\sc3n(c2=O)[C@@H](c2ccc(O)c(OC)c2)C(C(=O)Nc2ccccc2)=C(C)N=3)cc(Cl)c1OCc1ccc(Cl)cc1. The third-order valence-corrected chi connectivity index (χ3v) is 9.26. The van der Waals surface area contributed by atoms with Crippen molar-refractivity contribution in [3.05, 3.63) is 143 Å². The van der Waals surface area contributed by atoms with Crippen LogP contribution in [0.4, 0.5) is 5.69 Å². The maximum atomic E-state index is 14.3. The van der Waals surface area contributed by atoms with Crippen LogP contribution in [0.25, 0.3) is 6.08 Å². The van der Waals surface area contributed by atoms with Crippen molar-refractivity contribution in [2.45, 2.75) is 26.5 Å². The highest BCUT2D eigenvalue weighted by atomic mass is 35.5. The number of benzene rings is 4. The highest BCUT2D eigenvalue weighted by molar-refractivity contribution is 7.07. The predicted octanol–water partition coefficient (Wildman–Crippen LogP) is 6.87. The lowest BCUT2D eigenvalue weighted by atomic mass is 9.94. The molecule has 4 aromatic carbocycles. The average Bonchev–Trinajstić information content (AvgIpc) is 3.38. The molecule has 49 heavy (non-hydrogen) atoms. The van der Waals surface area contributed by atoms with E-state index in [1.807, 2.05) is 37.3 Å². The Kier molecular flexibility index (Phi) is 10.1. The number of hydrogen-bond acceptors (Lipinski definition) is 8. The average molecular weight is 717 g/mol. The molecule has 0 bridgehead atoms. The molecule has 12 heteroatoms. The van der Waals surface area contributed by atoms with Gasteiger partial charge in [0.1, 0.15) is 6.61 Å². The monoisotopic (exact) mass is 715 g/mol. The van der Waals surface area contributed by atoms with Gasteiger partial charge < -0.3 is 24.6 Å². The number of aromatic nitrogens is 1. The maximum Gasteiger partial charge on any atom is 0.271 e. The molecule has 1 amide bonds. The molecule has 0 saturated heterocycles. The molecule has 6 rings (SSSR count). The van der Waals surface area contributed by atoms with E-state index in [1.54, 1.807) is 61.5 Å². The first kappa shape index (κ1) is 33.9. The van der Waals surface area contributed by atoms with Crippen molar-refractivity contribution in [1.29, 1.82) is 0 Å². The number of thiazole rings is 1. The molecule has 0 aliphatic carbocycles. The van der Waals surface area contributed by atoms with Gasteiger partial charge in [-0.2, -0.15) is 0 Å². The summed E-state index contributed by atoms with van der Waals surface area (Å²) in [6.07, 6.45) is 1.71. The van der Waals surface area contributed by atoms with Crippen molar-refractivity contribution in [3.63, 3.8) is 0 Å². The topological polar surface area (TPSA) is 111 Å². The van der Waals surface area contributed by atoms with Crippen LogP contribution in [0, 0.1) is 0 Å². The van der Waals surface area contributed by atoms with Crippen molar-refractivity contribution >= 4 is 52.2 Å². The summed E-state index contributed by atoms with van der Waals surface area (Å²) in [6.45, 7) is 4.20. The molecule has 1 aliphatic heterocycles. The molecule has 2 N–H and O–H groups in total. The lowest BCUT2D eigenvalue weighted by Crippen LogP contribution is -2.40.